The van der Waals surface area contributed by atoms with Crippen molar-refractivity contribution >= 4 is 21.7 Å². The van der Waals surface area contributed by atoms with Crippen molar-refractivity contribution in [3.8, 4) is 0 Å². The summed E-state index contributed by atoms with van der Waals surface area (Å²) in [7, 11) is -2.99. The van der Waals surface area contributed by atoms with E-state index < -0.39 is 9.84 Å². The van der Waals surface area contributed by atoms with Gasteiger partial charge in [-0.2, -0.15) is 0 Å². The molecule has 1 unspecified atom stereocenters. The summed E-state index contributed by atoms with van der Waals surface area (Å²) in [6.07, 6.45) is 5.14. The molecule has 7 heteroatoms. The van der Waals surface area contributed by atoms with Gasteiger partial charge in [0, 0.05) is 37.5 Å². The molecule has 24 heavy (non-hydrogen) atoms. The number of carbonyl (C=O) groups is 2. The highest BCUT2D eigenvalue weighted by atomic mass is 32.2. The third kappa shape index (κ3) is 3.60. The maximum Gasteiger partial charge on any atom is 0.226 e. The van der Waals surface area contributed by atoms with Crippen LogP contribution in [0.5, 0.6) is 0 Å². The molecule has 0 bridgehead atoms. The van der Waals surface area contributed by atoms with Crippen LogP contribution < -0.4 is 0 Å². The summed E-state index contributed by atoms with van der Waals surface area (Å²) in [6.45, 7) is 3.79. The predicted octanol–water partition coefficient (Wildman–Crippen LogP) is 1.06. The second kappa shape index (κ2) is 7.02. The van der Waals surface area contributed by atoms with Crippen LogP contribution in [0.1, 0.15) is 45.4 Å². The molecule has 3 aliphatic rings. The van der Waals surface area contributed by atoms with Crippen molar-refractivity contribution in [1.29, 1.82) is 0 Å². The fourth-order valence-corrected chi connectivity index (χ4v) is 5.84. The highest BCUT2D eigenvalue weighted by molar-refractivity contribution is 7.91. The lowest BCUT2D eigenvalue weighted by atomic mass is 9.83. The van der Waals surface area contributed by atoms with E-state index in [1.165, 1.54) is 0 Å². The van der Waals surface area contributed by atoms with Gasteiger partial charge in [0.1, 0.15) is 0 Å². The average molecular weight is 356 g/mol. The number of likely N-dealkylation sites (tertiary alicyclic amines) is 1. The summed E-state index contributed by atoms with van der Waals surface area (Å²) >= 11 is 0. The number of sulfone groups is 1. The number of hydrogen-bond donors (Lipinski definition) is 0. The summed E-state index contributed by atoms with van der Waals surface area (Å²) < 4.78 is 23.4. The Morgan fingerprint density at radius 3 is 2.17 bits per heavy atom. The Bertz CT molecular complexity index is 592. The summed E-state index contributed by atoms with van der Waals surface area (Å²) in [5.41, 5.74) is 0. The van der Waals surface area contributed by atoms with E-state index in [4.69, 9.17) is 0 Å². The van der Waals surface area contributed by atoms with Gasteiger partial charge in [-0.25, -0.2) is 8.42 Å². The highest BCUT2D eigenvalue weighted by Gasteiger charge is 2.38. The monoisotopic (exact) mass is 356 g/mol. The molecule has 1 saturated carbocycles. The van der Waals surface area contributed by atoms with Crippen molar-refractivity contribution in [2.24, 2.45) is 11.8 Å². The molecule has 2 amide bonds. The van der Waals surface area contributed by atoms with Crippen LogP contribution in [0.2, 0.25) is 0 Å². The number of piperidine rings is 1. The smallest absolute Gasteiger partial charge is 0.226 e. The van der Waals surface area contributed by atoms with Crippen LogP contribution in [0.3, 0.4) is 0 Å². The van der Waals surface area contributed by atoms with Crippen LogP contribution in [0.25, 0.3) is 0 Å². The Labute approximate surface area is 144 Å². The van der Waals surface area contributed by atoms with Gasteiger partial charge in [0.05, 0.1) is 11.5 Å². The first kappa shape index (κ1) is 17.7. The van der Waals surface area contributed by atoms with E-state index in [-0.39, 0.29) is 41.2 Å². The zero-order valence-electron chi connectivity index (χ0n) is 14.4. The van der Waals surface area contributed by atoms with Crippen molar-refractivity contribution < 1.29 is 18.0 Å². The molecular weight excluding hydrogens is 328 g/mol. The zero-order valence-corrected chi connectivity index (χ0v) is 15.3. The van der Waals surface area contributed by atoms with Crippen molar-refractivity contribution in [3.05, 3.63) is 0 Å². The maximum absolute atomic E-state index is 12.8. The molecule has 3 rings (SSSR count). The SMILES string of the molecule is CCN(C(=O)C1CCN(C(=O)C2CCC2)CC1)C1CCS(=O)(=O)C1. The molecule has 1 atom stereocenters. The van der Waals surface area contributed by atoms with Gasteiger partial charge in [0.15, 0.2) is 9.84 Å². The van der Waals surface area contributed by atoms with E-state index >= 15 is 0 Å². The van der Waals surface area contributed by atoms with Gasteiger partial charge in [-0.1, -0.05) is 6.42 Å². The predicted molar refractivity (Wildman–Crippen MR) is 91.1 cm³/mol. The van der Waals surface area contributed by atoms with E-state index in [9.17, 15) is 18.0 Å². The molecule has 6 nitrogen and oxygen atoms in total. The lowest BCUT2D eigenvalue weighted by Gasteiger charge is -2.38. The third-order valence-electron chi connectivity index (χ3n) is 5.88. The fraction of sp³-hybridized carbons (Fsp3) is 0.882. The van der Waals surface area contributed by atoms with E-state index in [0.29, 0.717) is 38.9 Å². The molecule has 0 aromatic rings. The topological polar surface area (TPSA) is 74.8 Å². The Morgan fingerprint density at radius 1 is 1.04 bits per heavy atom. The molecule has 2 saturated heterocycles. The Kier molecular flexibility index (Phi) is 5.18. The second-order valence-electron chi connectivity index (χ2n) is 7.41. The van der Waals surface area contributed by atoms with Crippen molar-refractivity contribution in [2.45, 2.75) is 51.5 Å². The largest absolute Gasteiger partial charge is 0.342 e. The molecule has 3 fully saturated rings. The summed E-state index contributed by atoms with van der Waals surface area (Å²) in [5, 5.41) is 0. The molecule has 136 valence electrons. The van der Waals surface area contributed by atoms with E-state index in [2.05, 4.69) is 0 Å². The first-order valence-electron chi connectivity index (χ1n) is 9.21. The minimum Gasteiger partial charge on any atom is -0.342 e. The Balaban J connectivity index is 1.54. The van der Waals surface area contributed by atoms with Crippen LogP contribution in [0.15, 0.2) is 0 Å². The number of hydrogen-bond acceptors (Lipinski definition) is 4. The summed E-state index contributed by atoms with van der Waals surface area (Å²) in [5.74, 6) is 0.782. The van der Waals surface area contributed by atoms with Crippen LogP contribution in [-0.4, -0.2) is 67.2 Å². The molecule has 0 radical (unpaired) electrons. The third-order valence-corrected chi connectivity index (χ3v) is 7.63. The number of nitrogens with zero attached hydrogens (tertiary/aromatic N) is 2. The number of carbonyl (C=O) groups excluding carboxylic acids is 2. The normalized spacial score (nSPS) is 27.7. The number of amides is 2. The molecular formula is C17H28N2O4S. The van der Waals surface area contributed by atoms with Crippen LogP contribution in [0.4, 0.5) is 0 Å². The maximum atomic E-state index is 12.8. The Morgan fingerprint density at radius 2 is 1.71 bits per heavy atom. The lowest BCUT2D eigenvalue weighted by Crippen LogP contribution is -2.49. The van der Waals surface area contributed by atoms with Gasteiger partial charge in [0.25, 0.3) is 0 Å². The highest BCUT2D eigenvalue weighted by Crippen LogP contribution is 2.30. The van der Waals surface area contributed by atoms with Gasteiger partial charge >= 0.3 is 0 Å². The van der Waals surface area contributed by atoms with Crippen LogP contribution >= 0.6 is 0 Å². The van der Waals surface area contributed by atoms with Gasteiger partial charge in [-0.15, -0.1) is 0 Å². The average Bonchev–Trinajstić information content (AvgIpc) is 2.86. The molecule has 2 heterocycles. The lowest BCUT2D eigenvalue weighted by molar-refractivity contribution is -0.144. The molecule has 0 spiro atoms. The molecule has 1 aliphatic carbocycles. The van der Waals surface area contributed by atoms with E-state index in [1.807, 2.05) is 11.8 Å². The van der Waals surface area contributed by atoms with E-state index in [1.54, 1.807) is 4.90 Å². The Hall–Kier alpha value is -1.11. The van der Waals surface area contributed by atoms with E-state index in [0.717, 1.165) is 19.3 Å². The first-order chi connectivity index (χ1) is 11.4. The molecule has 0 aromatic heterocycles. The quantitative estimate of drug-likeness (QED) is 0.755. The van der Waals surface area contributed by atoms with Crippen molar-refractivity contribution in [3.63, 3.8) is 0 Å². The summed E-state index contributed by atoms with van der Waals surface area (Å²) in [4.78, 5) is 28.8. The first-order valence-corrected chi connectivity index (χ1v) is 11.0. The molecule has 2 aliphatic heterocycles. The summed E-state index contributed by atoms with van der Waals surface area (Å²) in [6, 6.07) is -0.165. The van der Waals surface area contributed by atoms with Gasteiger partial charge < -0.3 is 9.80 Å². The minimum absolute atomic E-state index is 0.0707. The van der Waals surface area contributed by atoms with Gasteiger partial charge in [-0.3, -0.25) is 9.59 Å². The second-order valence-corrected chi connectivity index (χ2v) is 9.64. The van der Waals surface area contributed by atoms with Crippen molar-refractivity contribution in [1.82, 2.24) is 9.80 Å². The van der Waals surface area contributed by atoms with Crippen LogP contribution in [-0.2, 0) is 19.4 Å². The molecule has 0 aromatic carbocycles. The zero-order chi connectivity index (χ0) is 17.3. The minimum atomic E-state index is -2.99. The molecule has 0 N–H and O–H groups in total. The van der Waals surface area contributed by atoms with Crippen molar-refractivity contribution in [2.75, 3.05) is 31.1 Å². The number of rotatable bonds is 4. The van der Waals surface area contributed by atoms with Gasteiger partial charge in [-0.05, 0) is 39.0 Å². The fourth-order valence-electron chi connectivity index (χ4n) is 4.11. The standard InChI is InChI=1S/C17H28N2O4S/c1-2-19(15-8-11-24(22,23)12-15)17(21)14-6-9-18(10-7-14)16(20)13-4-3-5-13/h13-15H,2-12H2,1H3. The van der Waals surface area contributed by atoms with Gasteiger partial charge in [0.2, 0.25) is 11.8 Å². The van der Waals surface area contributed by atoms with Crippen LogP contribution in [0, 0.1) is 11.8 Å².